The number of fused-ring (bicyclic) bond motifs is 2. The molecular formula is C45H50N8O4. The Hall–Kier alpha value is -6.01. The van der Waals surface area contributed by atoms with Crippen molar-refractivity contribution >= 4 is 39.7 Å². The van der Waals surface area contributed by atoms with Crippen LogP contribution >= 0.6 is 0 Å². The van der Waals surface area contributed by atoms with Crippen LogP contribution in [0.5, 0.6) is 0 Å². The molecule has 2 saturated heterocycles. The zero-order valence-corrected chi connectivity index (χ0v) is 33.2. The van der Waals surface area contributed by atoms with Gasteiger partial charge in [0.15, 0.2) is 0 Å². The third-order valence-electron chi connectivity index (χ3n) is 11.5. The molecule has 0 bridgehead atoms. The minimum Gasteiger partial charge on any atom is -0.453 e. The number of aromatic amines is 2. The molecular weight excluding hydrogens is 717 g/mol. The monoisotopic (exact) mass is 766 g/mol. The first-order chi connectivity index (χ1) is 27.6. The number of nitrogens with zero attached hydrogens (tertiary/aromatic N) is 5. The van der Waals surface area contributed by atoms with Crippen molar-refractivity contribution in [2.75, 3.05) is 34.3 Å². The lowest BCUT2D eigenvalue weighted by atomic mass is 9.99. The highest BCUT2D eigenvalue weighted by Crippen LogP contribution is 2.37. The summed E-state index contributed by atoms with van der Waals surface area (Å²) in [5, 5.41) is 4.92. The predicted octanol–water partition coefficient (Wildman–Crippen LogP) is 7.78. The first-order valence-corrected chi connectivity index (χ1v) is 19.9. The number of hydrogen-bond donors (Lipinski definition) is 3. The van der Waals surface area contributed by atoms with E-state index in [4.69, 9.17) is 14.7 Å². The number of benzene rings is 4. The number of nitrogens with one attached hydrogen (secondary N) is 3. The Morgan fingerprint density at radius 3 is 2.11 bits per heavy atom. The SMILES string of the molecule is COC(=O)N[C@H](C(=O)N1CCCC1c1ncc(-c2ccc3cc(-c4ccc5nc([C@@H]6CCCN6C(=O)[C@@H](c6ccccc6)N(C)C)[nH]c5c4)ccc3c2)[nH]1)C(C)C. The molecule has 2 aromatic heterocycles. The fourth-order valence-electron chi connectivity index (χ4n) is 8.57. The molecule has 0 aliphatic carbocycles. The molecule has 2 fully saturated rings. The minimum atomic E-state index is -0.682. The van der Waals surface area contributed by atoms with Crippen molar-refractivity contribution < 1.29 is 19.1 Å². The maximum atomic E-state index is 14.0. The van der Waals surface area contributed by atoms with E-state index in [0.717, 1.165) is 87.1 Å². The van der Waals surface area contributed by atoms with Crippen molar-refractivity contribution in [1.82, 2.24) is 40.0 Å². The number of carbonyl (C=O) groups is 3. The van der Waals surface area contributed by atoms with Crippen molar-refractivity contribution in [1.29, 1.82) is 0 Å². The van der Waals surface area contributed by atoms with Gasteiger partial charge in [-0.25, -0.2) is 14.8 Å². The lowest BCUT2D eigenvalue weighted by Crippen LogP contribution is -2.51. The van der Waals surface area contributed by atoms with Gasteiger partial charge in [0.2, 0.25) is 11.8 Å². The van der Waals surface area contributed by atoms with Gasteiger partial charge in [-0.05, 0) is 97.4 Å². The van der Waals surface area contributed by atoms with Crippen LogP contribution in [0.1, 0.15) is 74.9 Å². The van der Waals surface area contributed by atoms with Gasteiger partial charge in [0, 0.05) is 18.7 Å². The van der Waals surface area contributed by atoms with Crippen LogP contribution in [0.3, 0.4) is 0 Å². The number of carbonyl (C=O) groups excluding carboxylic acids is 3. The average Bonchev–Trinajstić information content (AvgIpc) is 4.05. The van der Waals surface area contributed by atoms with Gasteiger partial charge in [-0.2, -0.15) is 0 Å². The van der Waals surface area contributed by atoms with E-state index in [1.54, 1.807) is 0 Å². The highest BCUT2D eigenvalue weighted by molar-refractivity contribution is 5.92. The van der Waals surface area contributed by atoms with Crippen LogP contribution in [-0.4, -0.2) is 92.9 Å². The molecule has 12 heteroatoms. The normalized spacial score (nSPS) is 18.2. The Bertz CT molecular complexity index is 2420. The number of alkyl carbamates (subject to hydrolysis) is 1. The summed E-state index contributed by atoms with van der Waals surface area (Å²) >= 11 is 0. The number of aromatic nitrogens is 4. The minimum absolute atomic E-state index is 0.0979. The first kappa shape index (κ1) is 37.9. The zero-order chi connectivity index (χ0) is 39.8. The van der Waals surface area contributed by atoms with Crippen LogP contribution in [0.4, 0.5) is 4.79 Å². The lowest BCUT2D eigenvalue weighted by molar-refractivity contribution is -0.137. The first-order valence-electron chi connectivity index (χ1n) is 19.9. The molecule has 8 rings (SSSR count). The van der Waals surface area contributed by atoms with Crippen LogP contribution in [0.15, 0.2) is 91.1 Å². The van der Waals surface area contributed by atoms with Crippen molar-refractivity contribution in [3.8, 4) is 22.4 Å². The molecule has 1 unspecified atom stereocenters. The Balaban J connectivity index is 0.989. The number of likely N-dealkylation sites (N-methyl/N-ethyl adjacent to an activating group) is 1. The van der Waals surface area contributed by atoms with Gasteiger partial charge in [0.1, 0.15) is 23.7 Å². The third-order valence-corrected chi connectivity index (χ3v) is 11.5. The number of rotatable bonds is 10. The summed E-state index contributed by atoms with van der Waals surface area (Å²) in [5.74, 6) is 1.43. The van der Waals surface area contributed by atoms with Gasteiger partial charge in [-0.1, -0.05) is 74.5 Å². The van der Waals surface area contributed by atoms with E-state index in [0.29, 0.717) is 13.1 Å². The van der Waals surface area contributed by atoms with Crippen LogP contribution in [0.2, 0.25) is 0 Å². The van der Waals surface area contributed by atoms with Crippen LogP contribution in [0, 0.1) is 5.92 Å². The summed E-state index contributed by atoms with van der Waals surface area (Å²) in [7, 11) is 5.21. The van der Waals surface area contributed by atoms with E-state index in [1.807, 2.05) is 79.2 Å². The molecule has 4 heterocycles. The number of hydrogen-bond acceptors (Lipinski definition) is 7. The highest BCUT2D eigenvalue weighted by atomic mass is 16.5. The topological polar surface area (TPSA) is 140 Å². The summed E-state index contributed by atoms with van der Waals surface area (Å²) in [6.07, 6.45) is 4.66. The molecule has 6 aromatic rings. The molecule has 4 aromatic carbocycles. The predicted molar refractivity (Wildman–Crippen MR) is 221 cm³/mol. The van der Waals surface area contributed by atoms with Crippen molar-refractivity contribution in [2.45, 2.75) is 63.7 Å². The standard InChI is InChI=1S/C45H50N8O4/c1-27(2)39(50-45(56)57-5)43(54)52-21-9-13-37(52)41-46-26-36(49-41)33-18-17-29-23-30(15-16-31(29)24-33)32-19-20-34-35(25-32)48-42(47-34)38-14-10-22-53(38)44(55)40(51(3)4)28-11-7-6-8-12-28/h6-8,11-12,15-20,23-27,37-40H,9-10,13-14,21-22H2,1-5H3,(H,46,49)(H,47,48)(H,50,56)/t37?,38-,39-,40+/m0/s1. The molecule has 2 aliphatic heterocycles. The maximum absolute atomic E-state index is 14.0. The van der Waals surface area contributed by atoms with E-state index in [-0.39, 0.29) is 35.9 Å². The molecule has 0 radical (unpaired) electrons. The van der Waals surface area contributed by atoms with E-state index in [1.165, 1.54) is 7.11 Å². The summed E-state index contributed by atoms with van der Waals surface area (Å²) in [6.45, 7) is 5.13. The molecule has 294 valence electrons. The number of methoxy groups -OCH3 is 1. The fraction of sp³-hybridized carbons (Fsp3) is 0.356. The summed E-state index contributed by atoms with van der Waals surface area (Å²) < 4.78 is 4.78. The second-order valence-corrected chi connectivity index (χ2v) is 15.8. The van der Waals surface area contributed by atoms with Crippen LogP contribution in [0.25, 0.3) is 44.2 Å². The largest absolute Gasteiger partial charge is 0.453 e. The average molecular weight is 767 g/mol. The number of imidazole rings is 2. The van der Waals surface area contributed by atoms with E-state index < -0.39 is 12.1 Å². The molecule has 3 N–H and O–H groups in total. The van der Waals surface area contributed by atoms with Gasteiger partial charge in [-0.15, -0.1) is 0 Å². The van der Waals surface area contributed by atoms with E-state index >= 15 is 0 Å². The number of amides is 3. The highest BCUT2D eigenvalue weighted by Gasteiger charge is 2.38. The summed E-state index contributed by atoms with van der Waals surface area (Å²) in [6, 6.07) is 27.8. The van der Waals surface area contributed by atoms with Crippen molar-refractivity contribution in [2.24, 2.45) is 5.92 Å². The second-order valence-electron chi connectivity index (χ2n) is 15.8. The summed E-state index contributed by atoms with van der Waals surface area (Å²) in [5.41, 5.74) is 6.87. The molecule has 12 nitrogen and oxygen atoms in total. The van der Waals surface area contributed by atoms with Crippen molar-refractivity contribution in [3.63, 3.8) is 0 Å². The van der Waals surface area contributed by atoms with Gasteiger partial charge < -0.3 is 29.8 Å². The van der Waals surface area contributed by atoms with Gasteiger partial charge in [0.05, 0.1) is 42.1 Å². The van der Waals surface area contributed by atoms with Gasteiger partial charge in [0.25, 0.3) is 0 Å². The fourth-order valence-corrected chi connectivity index (χ4v) is 8.57. The number of ether oxygens (including phenoxy) is 1. The third kappa shape index (κ3) is 7.49. The van der Waals surface area contributed by atoms with E-state index in [2.05, 4.69) is 69.9 Å². The Labute approximate surface area is 332 Å². The molecule has 57 heavy (non-hydrogen) atoms. The Morgan fingerprint density at radius 2 is 1.42 bits per heavy atom. The zero-order valence-electron chi connectivity index (χ0n) is 33.2. The Morgan fingerprint density at radius 1 is 0.789 bits per heavy atom. The molecule has 3 amide bonds. The van der Waals surface area contributed by atoms with E-state index in [9.17, 15) is 14.4 Å². The molecule has 2 aliphatic rings. The smallest absolute Gasteiger partial charge is 0.407 e. The van der Waals surface area contributed by atoms with Crippen LogP contribution < -0.4 is 5.32 Å². The maximum Gasteiger partial charge on any atom is 0.407 e. The molecule has 0 saturated carbocycles. The van der Waals surface area contributed by atoms with Crippen LogP contribution in [-0.2, 0) is 14.3 Å². The molecule has 0 spiro atoms. The van der Waals surface area contributed by atoms with Gasteiger partial charge >= 0.3 is 6.09 Å². The van der Waals surface area contributed by atoms with Crippen molar-refractivity contribution in [3.05, 3.63) is 108 Å². The number of H-pyrrole nitrogens is 2. The number of likely N-dealkylation sites (tertiary alicyclic amines) is 2. The second kappa shape index (κ2) is 15.9. The quantitative estimate of drug-likeness (QED) is 0.129. The Kier molecular flexibility index (Phi) is 10.5. The lowest BCUT2D eigenvalue weighted by Gasteiger charge is -2.31. The van der Waals surface area contributed by atoms with Gasteiger partial charge in [-0.3, -0.25) is 14.5 Å². The molecule has 4 atom stereocenters. The summed E-state index contributed by atoms with van der Waals surface area (Å²) in [4.78, 5) is 62.2.